The minimum absolute atomic E-state index is 0. The number of hydrogen-bond donors (Lipinski definition) is 1. The summed E-state index contributed by atoms with van der Waals surface area (Å²) in [6.07, 6.45) is 0. The number of benzene rings is 3. The Balaban J connectivity index is 0.00000196. The molecule has 11 heteroatoms. The monoisotopic (exact) mass is 416 g/mol. The van der Waals surface area contributed by atoms with Gasteiger partial charge in [0.15, 0.2) is 0 Å². The molecule has 0 saturated heterocycles. The van der Waals surface area contributed by atoms with Gasteiger partial charge in [-0.1, -0.05) is 36.1 Å². The van der Waals surface area contributed by atoms with Gasteiger partial charge in [0, 0.05) is 10.8 Å². The SMILES string of the molecule is O=C([O-])c1cc(N=Nc2ccc(S(=O)(=O)O)c3ccccc23)ccc1[O-].[Na+].[Na+]. The molecule has 0 bridgehead atoms. The van der Waals surface area contributed by atoms with E-state index in [2.05, 4.69) is 10.2 Å². The molecule has 0 unspecified atom stereocenters. The number of carbonyl (C=O) groups excluding carboxylic acids is 1. The zero-order valence-electron chi connectivity index (χ0n) is 15.0. The molecule has 3 aromatic carbocycles. The molecule has 0 radical (unpaired) electrons. The fourth-order valence-corrected chi connectivity index (χ4v) is 3.11. The molecule has 8 nitrogen and oxygen atoms in total. The second kappa shape index (κ2) is 9.95. The number of carbonyl (C=O) groups is 1. The molecule has 132 valence electrons. The van der Waals surface area contributed by atoms with Crippen LogP contribution in [0.2, 0.25) is 0 Å². The summed E-state index contributed by atoms with van der Waals surface area (Å²) < 4.78 is 32.3. The van der Waals surface area contributed by atoms with Crippen molar-refractivity contribution in [1.29, 1.82) is 0 Å². The van der Waals surface area contributed by atoms with Crippen LogP contribution in [0, 0.1) is 0 Å². The van der Waals surface area contributed by atoms with Crippen LogP contribution in [0.1, 0.15) is 10.4 Å². The van der Waals surface area contributed by atoms with Crippen molar-refractivity contribution in [3.05, 3.63) is 60.2 Å². The molecule has 0 atom stereocenters. The van der Waals surface area contributed by atoms with E-state index in [0.29, 0.717) is 11.1 Å². The molecule has 28 heavy (non-hydrogen) atoms. The average molecular weight is 416 g/mol. The first-order chi connectivity index (χ1) is 12.3. The van der Waals surface area contributed by atoms with Gasteiger partial charge >= 0.3 is 59.1 Å². The van der Waals surface area contributed by atoms with Gasteiger partial charge in [0.05, 0.1) is 17.3 Å². The van der Waals surface area contributed by atoms with Crippen LogP contribution in [0.3, 0.4) is 0 Å². The molecule has 1 N–H and O–H groups in total. The Morgan fingerprint density at radius 3 is 2.18 bits per heavy atom. The van der Waals surface area contributed by atoms with Gasteiger partial charge in [0.2, 0.25) is 0 Å². The van der Waals surface area contributed by atoms with Crippen LogP contribution in [-0.2, 0) is 10.1 Å². The van der Waals surface area contributed by atoms with E-state index in [1.807, 2.05) is 0 Å². The zero-order valence-corrected chi connectivity index (χ0v) is 19.8. The molecule has 0 saturated carbocycles. The van der Waals surface area contributed by atoms with Gasteiger partial charge in [-0.15, -0.1) is 5.11 Å². The van der Waals surface area contributed by atoms with Gasteiger partial charge in [0.1, 0.15) is 4.90 Å². The number of rotatable bonds is 4. The van der Waals surface area contributed by atoms with Crippen LogP contribution >= 0.6 is 0 Å². The normalized spacial score (nSPS) is 11.0. The molecule has 0 fully saturated rings. The van der Waals surface area contributed by atoms with Gasteiger partial charge in [-0.25, -0.2) is 0 Å². The van der Waals surface area contributed by atoms with Crippen LogP contribution < -0.4 is 69.3 Å². The fraction of sp³-hybridized carbons (Fsp3) is 0. The maximum Gasteiger partial charge on any atom is 1.00 e. The number of carboxylic acid groups (broad SMARTS) is 1. The number of azo groups is 1. The standard InChI is InChI=1S/C17H12N2O6S.2Na/c20-15-7-5-10(9-13(15)17(21)22)18-19-14-6-8-16(26(23,24)25)12-4-2-1-3-11(12)14;;/h1-9,20H,(H,21,22)(H,23,24,25);;/q;2*+1/p-2. The van der Waals surface area contributed by atoms with Crippen LogP contribution in [0.25, 0.3) is 10.8 Å². The van der Waals surface area contributed by atoms with Crippen LogP contribution in [0.15, 0.2) is 69.7 Å². The molecule has 0 spiro atoms. The maximum atomic E-state index is 11.5. The number of aromatic carboxylic acids is 1. The first-order valence-corrected chi connectivity index (χ1v) is 8.65. The predicted molar refractivity (Wildman–Crippen MR) is 88.2 cm³/mol. The Morgan fingerprint density at radius 1 is 0.929 bits per heavy atom. The second-order valence-electron chi connectivity index (χ2n) is 5.27. The van der Waals surface area contributed by atoms with E-state index in [0.717, 1.165) is 12.1 Å². The topological polar surface area (TPSA) is 142 Å². The van der Waals surface area contributed by atoms with Crippen LogP contribution in [0.4, 0.5) is 11.4 Å². The summed E-state index contributed by atoms with van der Waals surface area (Å²) in [6.45, 7) is 0. The van der Waals surface area contributed by atoms with E-state index in [1.54, 1.807) is 18.2 Å². The van der Waals surface area contributed by atoms with Gasteiger partial charge in [-0.2, -0.15) is 13.5 Å². The number of hydrogen-bond acceptors (Lipinski definition) is 7. The van der Waals surface area contributed by atoms with Gasteiger partial charge < -0.3 is 15.0 Å². The van der Waals surface area contributed by atoms with E-state index >= 15 is 0 Å². The Morgan fingerprint density at radius 2 is 1.57 bits per heavy atom. The van der Waals surface area contributed by atoms with Gasteiger partial charge in [0.25, 0.3) is 10.1 Å². The summed E-state index contributed by atoms with van der Waals surface area (Å²) in [6, 6.07) is 12.3. The molecule has 0 aliphatic heterocycles. The van der Waals surface area contributed by atoms with Crippen molar-refractivity contribution < 1.29 is 87.1 Å². The first-order valence-electron chi connectivity index (χ1n) is 7.21. The Bertz CT molecular complexity index is 1170. The molecular formula is C17H10N2Na2O6S. The van der Waals surface area contributed by atoms with Gasteiger partial charge in [-0.05, 0) is 29.8 Å². The molecular weight excluding hydrogens is 406 g/mol. The minimum Gasteiger partial charge on any atom is -0.872 e. The van der Waals surface area contributed by atoms with Crippen molar-refractivity contribution in [3.63, 3.8) is 0 Å². The van der Waals surface area contributed by atoms with E-state index in [1.165, 1.54) is 24.3 Å². The fourth-order valence-electron chi connectivity index (χ4n) is 2.42. The van der Waals surface area contributed by atoms with Gasteiger partial charge in [-0.3, -0.25) is 4.55 Å². The largest absolute Gasteiger partial charge is 1.00 e. The van der Waals surface area contributed by atoms with Crippen molar-refractivity contribution in [2.75, 3.05) is 0 Å². The molecule has 0 aliphatic carbocycles. The minimum atomic E-state index is -4.41. The van der Waals surface area contributed by atoms with Crippen molar-refractivity contribution in [2.45, 2.75) is 4.90 Å². The zero-order chi connectivity index (χ0) is 18.9. The summed E-state index contributed by atoms with van der Waals surface area (Å²) in [5.74, 6) is -2.32. The molecule has 0 aromatic heterocycles. The Hall–Kier alpha value is -1.30. The molecule has 0 heterocycles. The van der Waals surface area contributed by atoms with Crippen molar-refractivity contribution >= 4 is 38.2 Å². The third-order valence-corrected chi connectivity index (χ3v) is 4.51. The summed E-state index contributed by atoms with van der Waals surface area (Å²) in [4.78, 5) is 10.6. The average Bonchev–Trinajstić information content (AvgIpc) is 2.59. The number of carboxylic acids is 1. The van der Waals surface area contributed by atoms with Crippen LogP contribution in [-0.4, -0.2) is 18.9 Å². The third-order valence-electron chi connectivity index (χ3n) is 3.60. The summed E-state index contributed by atoms with van der Waals surface area (Å²) in [7, 11) is -4.41. The smallest absolute Gasteiger partial charge is 0.872 e. The number of nitrogens with zero attached hydrogens (tertiary/aromatic N) is 2. The van der Waals surface area contributed by atoms with Crippen molar-refractivity contribution in [3.8, 4) is 5.75 Å². The predicted octanol–water partition coefficient (Wildman–Crippen LogP) is -4.05. The van der Waals surface area contributed by atoms with E-state index in [-0.39, 0.29) is 75.1 Å². The summed E-state index contributed by atoms with van der Waals surface area (Å²) >= 11 is 0. The first kappa shape index (κ1) is 24.7. The van der Waals surface area contributed by atoms with E-state index in [4.69, 9.17) is 0 Å². The number of fused-ring (bicyclic) bond motifs is 1. The van der Waals surface area contributed by atoms with Crippen molar-refractivity contribution in [2.24, 2.45) is 10.2 Å². The molecule has 0 aliphatic rings. The van der Waals surface area contributed by atoms with E-state index < -0.39 is 27.4 Å². The summed E-state index contributed by atoms with van der Waals surface area (Å²) in [5, 5.41) is 30.9. The summed E-state index contributed by atoms with van der Waals surface area (Å²) in [5.41, 5.74) is -0.117. The quantitative estimate of drug-likeness (QED) is 0.261. The molecule has 3 aromatic rings. The maximum absolute atomic E-state index is 11.5. The van der Waals surface area contributed by atoms with Crippen molar-refractivity contribution in [1.82, 2.24) is 0 Å². The van der Waals surface area contributed by atoms with E-state index in [9.17, 15) is 28.0 Å². The Labute approximate surface area is 204 Å². The Kier molecular flexibility index (Phi) is 8.79. The second-order valence-corrected chi connectivity index (χ2v) is 6.66. The third kappa shape index (κ3) is 5.40. The van der Waals surface area contributed by atoms with Crippen LogP contribution in [0.5, 0.6) is 5.75 Å². The molecule has 3 rings (SSSR count). The molecule has 0 amide bonds.